The van der Waals surface area contributed by atoms with Gasteiger partial charge in [0.15, 0.2) is 11.6 Å². The second-order valence-electron chi connectivity index (χ2n) is 4.17. The fourth-order valence-electron chi connectivity index (χ4n) is 1.99. The van der Waals surface area contributed by atoms with Crippen LogP contribution in [0, 0.1) is 5.82 Å². The van der Waals surface area contributed by atoms with Gasteiger partial charge in [-0.05, 0) is 13.0 Å². The van der Waals surface area contributed by atoms with E-state index in [9.17, 15) is 4.39 Å². The topological polar surface area (TPSA) is 51.4 Å². The zero-order valence-corrected chi connectivity index (χ0v) is 10.3. The molecule has 2 heterocycles. The van der Waals surface area contributed by atoms with Gasteiger partial charge in [0.2, 0.25) is 0 Å². The van der Waals surface area contributed by atoms with E-state index in [1.165, 1.54) is 12.3 Å². The number of anilines is 1. The Morgan fingerprint density at radius 1 is 1.65 bits per heavy atom. The second-order valence-corrected chi connectivity index (χ2v) is 4.60. The number of hydrogen-bond donors (Lipinski definition) is 1. The second kappa shape index (κ2) is 5.16. The quantitative estimate of drug-likeness (QED) is 0.873. The molecular weight excluding hydrogens is 245 g/mol. The van der Waals surface area contributed by atoms with Crippen molar-refractivity contribution < 1.29 is 9.13 Å². The number of morpholine rings is 1. The van der Waals surface area contributed by atoms with Gasteiger partial charge in [0.05, 0.1) is 17.2 Å². The van der Waals surface area contributed by atoms with Crippen molar-refractivity contribution >= 4 is 17.4 Å². The Morgan fingerprint density at radius 3 is 3.06 bits per heavy atom. The van der Waals surface area contributed by atoms with Crippen LogP contribution in [0.4, 0.5) is 10.2 Å². The Labute approximate surface area is 105 Å². The SMILES string of the molecule is CC1CN(c2ncc(Cl)cc2F)CC(CN)O1. The highest BCUT2D eigenvalue weighted by molar-refractivity contribution is 6.30. The lowest BCUT2D eigenvalue weighted by molar-refractivity contribution is -0.0108. The number of nitrogens with two attached hydrogens (primary N) is 1. The minimum Gasteiger partial charge on any atom is -0.370 e. The van der Waals surface area contributed by atoms with Crippen LogP contribution in [0.2, 0.25) is 5.02 Å². The van der Waals surface area contributed by atoms with Gasteiger partial charge in [0, 0.05) is 25.8 Å². The molecular formula is C11H15ClFN3O. The summed E-state index contributed by atoms with van der Waals surface area (Å²) in [6.07, 6.45) is 1.36. The molecule has 94 valence electrons. The summed E-state index contributed by atoms with van der Waals surface area (Å²) in [5.74, 6) is -0.106. The first-order valence-electron chi connectivity index (χ1n) is 5.51. The molecule has 2 rings (SSSR count). The lowest BCUT2D eigenvalue weighted by Crippen LogP contribution is -2.49. The van der Waals surface area contributed by atoms with Crippen LogP contribution in [0.1, 0.15) is 6.92 Å². The Hall–Kier alpha value is -0.910. The third kappa shape index (κ3) is 2.86. The van der Waals surface area contributed by atoms with E-state index >= 15 is 0 Å². The molecule has 1 aromatic rings. The summed E-state index contributed by atoms with van der Waals surface area (Å²) in [5.41, 5.74) is 5.58. The molecule has 0 bridgehead atoms. The third-order valence-corrected chi connectivity index (χ3v) is 2.88. The lowest BCUT2D eigenvalue weighted by Gasteiger charge is -2.37. The van der Waals surface area contributed by atoms with E-state index in [-0.39, 0.29) is 12.2 Å². The summed E-state index contributed by atoms with van der Waals surface area (Å²) < 4.78 is 19.3. The summed E-state index contributed by atoms with van der Waals surface area (Å²) in [6.45, 7) is 3.49. The molecule has 6 heteroatoms. The fourth-order valence-corrected chi connectivity index (χ4v) is 2.13. The van der Waals surface area contributed by atoms with Gasteiger partial charge >= 0.3 is 0 Å². The normalized spacial score (nSPS) is 25.1. The predicted molar refractivity (Wildman–Crippen MR) is 64.8 cm³/mol. The maximum atomic E-state index is 13.7. The minimum absolute atomic E-state index is 0.00850. The lowest BCUT2D eigenvalue weighted by atomic mass is 10.2. The smallest absolute Gasteiger partial charge is 0.167 e. The fraction of sp³-hybridized carbons (Fsp3) is 0.545. The van der Waals surface area contributed by atoms with Crippen LogP contribution in [0.5, 0.6) is 0 Å². The van der Waals surface area contributed by atoms with Crippen molar-refractivity contribution in [2.75, 3.05) is 24.5 Å². The molecule has 0 radical (unpaired) electrons. The molecule has 17 heavy (non-hydrogen) atoms. The van der Waals surface area contributed by atoms with E-state index in [4.69, 9.17) is 22.1 Å². The van der Waals surface area contributed by atoms with Gasteiger partial charge in [-0.25, -0.2) is 9.37 Å². The monoisotopic (exact) mass is 259 g/mol. The molecule has 0 spiro atoms. The molecule has 0 aliphatic carbocycles. The predicted octanol–water partition coefficient (Wildman–Crippen LogP) is 1.43. The largest absolute Gasteiger partial charge is 0.370 e. The van der Waals surface area contributed by atoms with Gasteiger partial charge in [-0.2, -0.15) is 0 Å². The molecule has 0 aromatic carbocycles. The molecule has 1 saturated heterocycles. The minimum atomic E-state index is -0.414. The van der Waals surface area contributed by atoms with Crippen LogP contribution >= 0.6 is 11.6 Å². The number of ether oxygens (including phenoxy) is 1. The highest BCUT2D eigenvalue weighted by Gasteiger charge is 2.26. The molecule has 1 aliphatic rings. The molecule has 4 nitrogen and oxygen atoms in total. The first-order chi connectivity index (χ1) is 8.10. The van der Waals surface area contributed by atoms with Crippen molar-refractivity contribution in [1.29, 1.82) is 0 Å². The molecule has 0 saturated carbocycles. The van der Waals surface area contributed by atoms with E-state index in [1.54, 1.807) is 0 Å². The molecule has 2 atom stereocenters. The maximum absolute atomic E-state index is 13.7. The van der Waals surface area contributed by atoms with E-state index in [1.807, 2.05) is 11.8 Å². The number of pyridine rings is 1. The van der Waals surface area contributed by atoms with Crippen molar-refractivity contribution in [3.05, 3.63) is 23.1 Å². The first kappa shape index (κ1) is 12.5. The Bertz CT molecular complexity index is 404. The Kier molecular flexibility index (Phi) is 3.81. The maximum Gasteiger partial charge on any atom is 0.167 e. The summed E-state index contributed by atoms with van der Waals surface area (Å²) in [4.78, 5) is 5.87. The van der Waals surface area contributed by atoms with Gasteiger partial charge in [0.1, 0.15) is 0 Å². The summed E-state index contributed by atoms with van der Waals surface area (Å²) >= 11 is 5.67. The van der Waals surface area contributed by atoms with Crippen LogP contribution in [0.3, 0.4) is 0 Å². The van der Waals surface area contributed by atoms with E-state index in [0.29, 0.717) is 30.5 Å². The van der Waals surface area contributed by atoms with E-state index < -0.39 is 5.82 Å². The number of rotatable bonds is 2. The standard InChI is InChI=1S/C11H15ClFN3O/c1-7-5-16(6-9(3-14)17-7)11-10(13)2-8(12)4-15-11/h2,4,7,9H,3,5-6,14H2,1H3. The Morgan fingerprint density at radius 2 is 2.41 bits per heavy atom. The highest BCUT2D eigenvalue weighted by atomic mass is 35.5. The zero-order chi connectivity index (χ0) is 12.4. The zero-order valence-electron chi connectivity index (χ0n) is 9.57. The summed E-state index contributed by atoms with van der Waals surface area (Å²) in [6, 6.07) is 1.27. The molecule has 1 aliphatic heterocycles. The average molecular weight is 260 g/mol. The van der Waals surface area contributed by atoms with E-state index in [0.717, 1.165) is 0 Å². The highest BCUT2D eigenvalue weighted by Crippen LogP contribution is 2.23. The van der Waals surface area contributed by atoms with Crippen LogP contribution in [0.25, 0.3) is 0 Å². The summed E-state index contributed by atoms with van der Waals surface area (Å²) in [5, 5.41) is 0.294. The third-order valence-electron chi connectivity index (χ3n) is 2.68. The summed E-state index contributed by atoms with van der Waals surface area (Å²) in [7, 11) is 0. The van der Waals surface area contributed by atoms with Crippen molar-refractivity contribution in [3.63, 3.8) is 0 Å². The van der Waals surface area contributed by atoms with Gasteiger partial charge in [0.25, 0.3) is 0 Å². The van der Waals surface area contributed by atoms with Crippen molar-refractivity contribution in [1.82, 2.24) is 4.98 Å². The van der Waals surface area contributed by atoms with Gasteiger partial charge < -0.3 is 15.4 Å². The number of hydrogen-bond acceptors (Lipinski definition) is 4. The van der Waals surface area contributed by atoms with Gasteiger partial charge in [-0.3, -0.25) is 0 Å². The van der Waals surface area contributed by atoms with Gasteiger partial charge in [-0.1, -0.05) is 11.6 Å². The number of aromatic nitrogens is 1. The molecule has 2 N–H and O–H groups in total. The molecule has 0 amide bonds. The Balaban J connectivity index is 2.20. The number of nitrogens with zero attached hydrogens (tertiary/aromatic N) is 2. The van der Waals surface area contributed by atoms with Crippen molar-refractivity contribution in [2.45, 2.75) is 19.1 Å². The molecule has 1 aromatic heterocycles. The van der Waals surface area contributed by atoms with Crippen molar-refractivity contribution in [2.24, 2.45) is 5.73 Å². The average Bonchev–Trinajstić information content (AvgIpc) is 2.28. The van der Waals surface area contributed by atoms with Crippen LogP contribution in [0.15, 0.2) is 12.3 Å². The molecule has 1 fully saturated rings. The van der Waals surface area contributed by atoms with Crippen LogP contribution in [-0.2, 0) is 4.74 Å². The first-order valence-corrected chi connectivity index (χ1v) is 5.89. The van der Waals surface area contributed by atoms with Crippen LogP contribution < -0.4 is 10.6 Å². The van der Waals surface area contributed by atoms with Crippen molar-refractivity contribution in [3.8, 4) is 0 Å². The number of halogens is 2. The van der Waals surface area contributed by atoms with E-state index in [2.05, 4.69) is 4.98 Å². The van der Waals surface area contributed by atoms with Gasteiger partial charge in [-0.15, -0.1) is 0 Å². The molecule has 2 unspecified atom stereocenters. The van der Waals surface area contributed by atoms with Crippen LogP contribution in [-0.4, -0.2) is 36.8 Å².